The van der Waals surface area contributed by atoms with E-state index in [1.165, 1.54) is 0 Å². The van der Waals surface area contributed by atoms with Gasteiger partial charge in [0.15, 0.2) is 5.82 Å². The monoisotopic (exact) mass is 298 g/mol. The van der Waals surface area contributed by atoms with Crippen LogP contribution in [0, 0.1) is 6.92 Å². The molecule has 0 aliphatic rings. The minimum absolute atomic E-state index is 0.0990. The first-order valence-corrected chi connectivity index (χ1v) is 5.67. The molecule has 0 bridgehead atoms. The van der Waals surface area contributed by atoms with Crippen molar-refractivity contribution in [3.8, 4) is 11.4 Å². The zero-order chi connectivity index (χ0) is 11.7. The molecule has 0 fully saturated rings. The summed E-state index contributed by atoms with van der Waals surface area (Å²) in [4.78, 5) is 11.8. The highest BCUT2D eigenvalue weighted by atomic mass is 79.9. The van der Waals surface area contributed by atoms with E-state index < -0.39 is 0 Å². The van der Waals surface area contributed by atoms with Gasteiger partial charge < -0.3 is 5.73 Å². The molecule has 82 valence electrons. The molecule has 4 nitrogen and oxygen atoms in total. The molecule has 6 heteroatoms. The van der Waals surface area contributed by atoms with E-state index in [-0.39, 0.29) is 11.2 Å². The maximum Gasteiger partial charge on any atom is 0.227 e. The van der Waals surface area contributed by atoms with Crippen molar-refractivity contribution < 1.29 is 0 Å². The Bertz CT molecular complexity index is 524. The Kier molecular flexibility index (Phi) is 3.07. The molecule has 2 rings (SSSR count). The molecule has 2 N–H and O–H groups in total. The third-order valence-corrected chi connectivity index (χ3v) is 2.73. The summed E-state index contributed by atoms with van der Waals surface area (Å²) in [5.41, 5.74) is 7.45. The molecule has 1 heterocycles. The lowest BCUT2D eigenvalue weighted by molar-refractivity contribution is 1.07. The maximum atomic E-state index is 5.74. The highest BCUT2D eigenvalue weighted by Crippen LogP contribution is 2.24. The summed E-state index contributed by atoms with van der Waals surface area (Å²) < 4.78 is 0.947. The predicted octanol–water partition coefficient (Wildman–Crippen LogP) is 2.85. The predicted molar refractivity (Wildman–Crippen MR) is 67.1 cm³/mol. The van der Waals surface area contributed by atoms with Crippen LogP contribution >= 0.6 is 27.5 Å². The standard InChI is InChI=1S/C10H8BrClN4/c1-5-2-3-6(11)4-7(5)8-14-9(12)16-10(13)15-8/h2-4H,1H3,(H2,13,14,15,16). The van der Waals surface area contributed by atoms with Gasteiger partial charge in [0.1, 0.15) is 0 Å². The van der Waals surface area contributed by atoms with Crippen molar-refractivity contribution >= 4 is 33.5 Å². The zero-order valence-corrected chi connectivity index (χ0v) is 10.7. The lowest BCUT2D eigenvalue weighted by atomic mass is 10.1. The number of nitrogens with two attached hydrogens (primary N) is 1. The fraction of sp³-hybridized carbons (Fsp3) is 0.100. The van der Waals surface area contributed by atoms with E-state index in [9.17, 15) is 0 Å². The largest absolute Gasteiger partial charge is 0.368 e. The number of halogens is 2. The third kappa shape index (κ3) is 2.31. The molecule has 0 radical (unpaired) electrons. The van der Waals surface area contributed by atoms with E-state index in [0.29, 0.717) is 5.82 Å². The molecule has 2 aromatic rings. The normalized spacial score (nSPS) is 10.4. The van der Waals surface area contributed by atoms with Gasteiger partial charge in [-0.15, -0.1) is 0 Å². The molecule has 0 atom stereocenters. The number of aromatic nitrogens is 3. The second-order valence-corrected chi connectivity index (χ2v) is 4.50. The summed E-state index contributed by atoms with van der Waals surface area (Å²) in [6.45, 7) is 1.97. The van der Waals surface area contributed by atoms with E-state index in [1.54, 1.807) is 0 Å². The van der Waals surface area contributed by atoms with Crippen LogP contribution in [-0.2, 0) is 0 Å². The molecular formula is C10H8BrClN4. The SMILES string of the molecule is Cc1ccc(Br)cc1-c1nc(N)nc(Cl)n1. The molecule has 1 aromatic carbocycles. The van der Waals surface area contributed by atoms with E-state index in [0.717, 1.165) is 15.6 Å². The number of anilines is 1. The summed E-state index contributed by atoms with van der Waals surface area (Å²) in [5, 5.41) is 0.0990. The Morgan fingerprint density at radius 2 is 2.00 bits per heavy atom. The van der Waals surface area contributed by atoms with Crippen LogP contribution in [0.15, 0.2) is 22.7 Å². The number of hydrogen-bond donors (Lipinski definition) is 1. The Hall–Kier alpha value is -1.20. The highest BCUT2D eigenvalue weighted by molar-refractivity contribution is 9.10. The van der Waals surface area contributed by atoms with Crippen molar-refractivity contribution in [3.05, 3.63) is 33.5 Å². The maximum absolute atomic E-state index is 5.74. The summed E-state index contributed by atoms with van der Waals surface area (Å²) in [6, 6.07) is 5.83. The zero-order valence-electron chi connectivity index (χ0n) is 8.41. The molecule has 16 heavy (non-hydrogen) atoms. The first-order valence-electron chi connectivity index (χ1n) is 4.50. The van der Waals surface area contributed by atoms with Crippen LogP contribution in [0.25, 0.3) is 11.4 Å². The van der Waals surface area contributed by atoms with Gasteiger partial charge in [-0.3, -0.25) is 0 Å². The van der Waals surface area contributed by atoms with Gasteiger partial charge in [0.25, 0.3) is 0 Å². The molecule has 0 saturated carbocycles. The van der Waals surface area contributed by atoms with Gasteiger partial charge in [-0.25, -0.2) is 0 Å². The number of hydrogen-bond acceptors (Lipinski definition) is 4. The Balaban J connectivity index is 2.62. The van der Waals surface area contributed by atoms with E-state index in [1.807, 2.05) is 25.1 Å². The molecule has 0 unspecified atom stereocenters. The van der Waals surface area contributed by atoms with Gasteiger partial charge in [-0.05, 0) is 36.2 Å². The Morgan fingerprint density at radius 1 is 1.25 bits per heavy atom. The van der Waals surface area contributed by atoms with E-state index in [4.69, 9.17) is 17.3 Å². The average molecular weight is 300 g/mol. The average Bonchev–Trinajstić information content (AvgIpc) is 2.20. The quantitative estimate of drug-likeness (QED) is 0.879. The van der Waals surface area contributed by atoms with Gasteiger partial charge in [0.2, 0.25) is 11.2 Å². The van der Waals surface area contributed by atoms with Crippen LogP contribution < -0.4 is 5.73 Å². The van der Waals surface area contributed by atoms with Crippen LogP contribution in [0.2, 0.25) is 5.28 Å². The van der Waals surface area contributed by atoms with Crippen molar-refractivity contribution in [1.82, 2.24) is 15.0 Å². The highest BCUT2D eigenvalue weighted by Gasteiger charge is 2.08. The van der Waals surface area contributed by atoms with Crippen molar-refractivity contribution in [2.45, 2.75) is 6.92 Å². The van der Waals surface area contributed by atoms with Crippen LogP contribution in [0.4, 0.5) is 5.95 Å². The van der Waals surface area contributed by atoms with E-state index in [2.05, 4.69) is 30.9 Å². The first kappa shape index (κ1) is 11.3. The van der Waals surface area contributed by atoms with Gasteiger partial charge in [-0.2, -0.15) is 15.0 Å². The van der Waals surface area contributed by atoms with Crippen molar-refractivity contribution in [2.75, 3.05) is 5.73 Å². The Morgan fingerprint density at radius 3 is 2.69 bits per heavy atom. The summed E-state index contributed by atoms with van der Waals surface area (Å²) in [7, 11) is 0. The lowest BCUT2D eigenvalue weighted by Crippen LogP contribution is -2.00. The second kappa shape index (κ2) is 4.35. The van der Waals surface area contributed by atoms with Crippen LogP contribution in [-0.4, -0.2) is 15.0 Å². The number of nitrogens with zero attached hydrogens (tertiary/aromatic N) is 3. The van der Waals surface area contributed by atoms with E-state index >= 15 is 0 Å². The molecule has 0 aliphatic carbocycles. The minimum Gasteiger partial charge on any atom is -0.368 e. The van der Waals surface area contributed by atoms with Crippen LogP contribution in [0.1, 0.15) is 5.56 Å². The Labute approximate surface area is 106 Å². The lowest BCUT2D eigenvalue weighted by Gasteiger charge is -2.05. The summed E-state index contributed by atoms with van der Waals surface area (Å²) in [5.74, 6) is 0.602. The smallest absolute Gasteiger partial charge is 0.227 e. The molecule has 1 aromatic heterocycles. The molecule has 0 saturated heterocycles. The van der Waals surface area contributed by atoms with Crippen molar-refractivity contribution in [1.29, 1.82) is 0 Å². The van der Waals surface area contributed by atoms with Gasteiger partial charge >= 0.3 is 0 Å². The van der Waals surface area contributed by atoms with Gasteiger partial charge in [-0.1, -0.05) is 22.0 Å². The third-order valence-electron chi connectivity index (χ3n) is 2.07. The van der Waals surface area contributed by atoms with Crippen molar-refractivity contribution in [2.24, 2.45) is 0 Å². The summed E-state index contributed by atoms with van der Waals surface area (Å²) in [6.07, 6.45) is 0. The topological polar surface area (TPSA) is 64.7 Å². The number of benzene rings is 1. The second-order valence-electron chi connectivity index (χ2n) is 3.25. The molecule has 0 amide bonds. The van der Waals surface area contributed by atoms with Crippen LogP contribution in [0.5, 0.6) is 0 Å². The van der Waals surface area contributed by atoms with Gasteiger partial charge in [0, 0.05) is 10.0 Å². The van der Waals surface area contributed by atoms with Crippen molar-refractivity contribution in [3.63, 3.8) is 0 Å². The molecular weight excluding hydrogens is 291 g/mol. The summed E-state index contributed by atoms with van der Waals surface area (Å²) >= 11 is 9.13. The molecule has 0 aliphatic heterocycles. The first-order chi connectivity index (χ1) is 7.56. The van der Waals surface area contributed by atoms with Crippen LogP contribution in [0.3, 0.4) is 0 Å². The fourth-order valence-electron chi connectivity index (χ4n) is 1.32. The minimum atomic E-state index is 0.0990. The van der Waals surface area contributed by atoms with Gasteiger partial charge in [0.05, 0.1) is 0 Å². The fourth-order valence-corrected chi connectivity index (χ4v) is 1.85. The number of rotatable bonds is 1. The molecule has 0 spiro atoms. The number of nitrogen functional groups attached to an aromatic ring is 1. The number of aryl methyl sites for hydroxylation is 1.